The van der Waals surface area contributed by atoms with Crippen molar-refractivity contribution in [2.45, 2.75) is 31.9 Å². The first kappa shape index (κ1) is 25.7. The summed E-state index contributed by atoms with van der Waals surface area (Å²) in [5, 5.41) is 0. The summed E-state index contributed by atoms with van der Waals surface area (Å²) in [6.07, 6.45) is 2.66. The van der Waals surface area contributed by atoms with E-state index in [0.717, 1.165) is 13.0 Å². The van der Waals surface area contributed by atoms with Crippen LogP contribution >= 0.6 is 0 Å². The molecule has 1 fully saturated rings. The van der Waals surface area contributed by atoms with Gasteiger partial charge < -0.3 is 38.1 Å². The molecule has 0 saturated carbocycles. The van der Waals surface area contributed by atoms with Crippen LogP contribution in [0, 0.1) is 0 Å². The predicted molar refractivity (Wildman–Crippen MR) is 107 cm³/mol. The van der Waals surface area contributed by atoms with Gasteiger partial charge in [-0.1, -0.05) is 6.92 Å². The Bertz CT molecular complexity index is 336. The second kappa shape index (κ2) is 18.7. The largest absolute Gasteiger partial charge is 0.382 e. The molecule has 1 rings (SSSR count). The van der Waals surface area contributed by atoms with Gasteiger partial charge in [0.2, 0.25) is 0 Å². The van der Waals surface area contributed by atoms with Crippen molar-refractivity contribution >= 4 is 0 Å². The van der Waals surface area contributed by atoms with Gasteiger partial charge in [-0.3, -0.25) is 0 Å². The molecular weight excluding hydrogens is 366 g/mol. The zero-order valence-electron chi connectivity index (χ0n) is 18.1. The maximum absolute atomic E-state index is 5.88. The number of likely N-dealkylation sites (N-methyl/N-ethyl adjacent to an activating group) is 1. The highest BCUT2D eigenvalue weighted by Crippen LogP contribution is 2.20. The zero-order valence-corrected chi connectivity index (χ0v) is 18.1. The van der Waals surface area contributed by atoms with E-state index >= 15 is 0 Å². The van der Waals surface area contributed by atoms with Gasteiger partial charge in [-0.25, -0.2) is 0 Å². The van der Waals surface area contributed by atoms with Gasteiger partial charge in [0, 0.05) is 19.7 Å². The van der Waals surface area contributed by atoms with Crippen LogP contribution in [-0.4, -0.2) is 117 Å². The van der Waals surface area contributed by atoms with Crippen LogP contribution in [0.2, 0.25) is 0 Å². The van der Waals surface area contributed by atoms with Crippen LogP contribution in [0.3, 0.4) is 0 Å². The first-order chi connectivity index (χ1) is 13.8. The van der Waals surface area contributed by atoms with Crippen molar-refractivity contribution in [3.05, 3.63) is 0 Å². The minimum Gasteiger partial charge on any atom is -0.382 e. The molecule has 0 spiro atoms. The highest BCUT2D eigenvalue weighted by molar-refractivity contribution is 4.82. The van der Waals surface area contributed by atoms with E-state index in [1.807, 2.05) is 0 Å². The molecule has 0 radical (unpaired) electrons. The summed E-state index contributed by atoms with van der Waals surface area (Å²) in [4.78, 5) is 2.38. The van der Waals surface area contributed by atoms with Gasteiger partial charge in [0.25, 0.3) is 0 Å². The molecule has 0 amide bonds. The van der Waals surface area contributed by atoms with Crippen LogP contribution in [0.25, 0.3) is 0 Å². The van der Waals surface area contributed by atoms with Gasteiger partial charge in [-0.15, -0.1) is 0 Å². The number of hydrogen-bond acceptors (Lipinski definition) is 8. The molecule has 0 bridgehead atoms. The van der Waals surface area contributed by atoms with E-state index in [1.165, 1.54) is 6.42 Å². The first-order valence-corrected chi connectivity index (χ1v) is 10.5. The molecule has 1 saturated heterocycles. The normalized spacial score (nSPS) is 20.2. The fourth-order valence-corrected chi connectivity index (χ4v) is 3.02. The van der Waals surface area contributed by atoms with Crippen molar-refractivity contribution in [1.82, 2.24) is 4.90 Å². The van der Waals surface area contributed by atoms with Crippen molar-refractivity contribution in [1.29, 1.82) is 0 Å². The van der Waals surface area contributed by atoms with E-state index in [9.17, 15) is 0 Å². The average Bonchev–Trinajstić information content (AvgIpc) is 3.06. The number of rotatable bonds is 20. The molecule has 168 valence electrons. The van der Waals surface area contributed by atoms with Crippen molar-refractivity contribution in [3.63, 3.8) is 0 Å². The van der Waals surface area contributed by atoms with Crippen molar-refractivity contribution < 1.29 is 33.2 Å². The number of hydrogen-bond donors (Lipinski definition) is 0. The van der Waals surface area contributed by atoms with E-state index < -0.39 is 0 Å². The first-order valence-electron chi connectivity index (χ1n) is 10.5. The molecule has 2 atom stereocenters. The van der Waals surface area contributed by atoms with E-state index in [0.29, 0.717) is 91.4 Å². The molecule has 0 aromatic heterocycles. The van der Waals surface area contributed by atoms with Crippen LogP contribution in [0.5, 0.6) is 0 Å². The van der Waals surface area contributed by atoms with Gasteiger partial charge in [0.05, 0.1) is 85.4 Å². The molecule has 1 heterocycles. The van der Waals surface area contributed by atoms with Crippen molar-refractivity contribution in [2.75, 3.05) is 100.0 Å². The maximum atomic E-state index is 5.88. The van der Waals surface area contributed by atoms with Crippen LogP contribution in [0.1, 0.15) is 19.8 Å². The molecule has 0 aromatic carbocycles. The zero-order chi connectivity index (χ0) is 20.3. The Balaban J connectivity index is 1.70. The second-order valence-electron chi connectivity index (χ2n) is 6.78. The Morgan fingerprint density at radius 2 is 1.11 bits per heavy atom. The van der Waals surface area contributed by atoms with Crippen molar-refractivity contribution in [2.24, 2.45) is 0 Å². The monoisotopic (exact) mass is 407 g/mol. The highest BCUT2D eigenvalue weighted by Gasteiger charge is 2.28. The fraction of sp³-hybridized carbons (Fsp3) is 1.00. The average molecular weight is 408 g/mol. The number of nitrogens with zero attached hydrogens (tertiary/aromatic N) is 1. The molecule has 8 heteroatoms. The van der Waals surface area contributed by atoms with Crippen LogP contribution in [-0.2, 0) is 33.2 Å². The van der Waals surface area contributed by atoms with Gasteiger partial charge in [-0.2, -0.15) is 0 Å². The summed E-state index contributed by atoms with van der Waals surface area (Å²) >= 11 is 0. The van der Waals surface area contributed by atoms with E-state index in [4.69, 9.17) is 33.2 Å². The molecule has 0 N–H and O–H groups in total. The van der Waals surface area contributed by atoms with Crippen molar-refractivity contribution in [3.8, 4) is 0 Å². The highest BCUT2D eigenvalue weighted by atomic mass is 16.6. The lowest BCUT2D eigenvalue weighted by atomic mass is 10.1. The third kappa shape index (κ3) is 13.8. The Hall–Kier alpha value is -0.320. The molecule has 28 heavy (non-hydrogen) atoms. The Morgan fingerprint density at radius 3 is 1.50 bits per heavy atom. The molecule has 0 unspecified atom stereocenters. The summed E-state index contributed by atoms with van der Waals surface area (Å²) < 4.78 is 37.9. The summed E-state index contributed by atoms with van der Waals surface area (Å²) in [5.74, 6) is 0. The SMILES string of the molecule is CC[C@@H]1C[C@@H](OCCOCCOCCOCCOCCOCCOC)CN1C. The molecule has 8 nitrogen and oxygen atoms in total. The van der Waals surface area contributed by atoms with E-state index in [2.05, 4.69) is 18.9 Å². The second-order valence-corrected chi connectivity index (χ2v) is 6.78. The van der Waals surface area contributed by atoms with Gasteiger partial charge in [0.1, 0.15) is 0 Å². The quantitative estimate of drug-likeness (QED) is 0.279. The fourth-order valence-electron chi connectivity index (χ4n) is 3.02. The van der Waals surface area contributed by atoms with Crippen LogP contribution < -0.4 is 0 Å². The number of ether oxygens (including phenoxy) is 7. The van der Waals surface area contributed by atoms with Gasteiger partial charge in [0.15, 0.2) is 0 Å². The third-order valence-corrected chi connectivity index (χ3v) is 4.62. The van der Waals surface area contributed by atoms with Crippen LogP contribution in [0.15, 0.2) is 0 Å². The number of likely N-dealkylation sites (tertiary alicyclic amines) is 1. The lowest BCUT2D eigenvalue weighted by Gasteiger charge is -2.15. The molecule has 1 aliphatic heterocycles. The standard InChI is InChI=1S/C20H41NO7/c1-4-19-17-20(18-21(19)2)28-16-15-27-14-13-26-12-11-25-10-9-24-8-7-23-6-5-22-3/h19-20H,4-18H2,1-3H3/t19-,20-/m1/s1. The van der Waals surface area contributed by atoms with E-state index in [-0.39, 0.29) is 0 Å². The maximum Gasteiger partial charge on any atom is 0.0718 e. The van der Waals surface area contributed by atoms with Gasteiger partial charge in [-0.05, 0) is 19.9 Å². The molecular formula is C20H41NO7. The summed E-state index contributed by atoms with van der Waals surface area (Å²) in [7, 11) is 3.82. The van der Waals surface area contributed by atoms with E-state index in [1.54, 1.807) is 7.11 Å². The summed E-state index contributed by atoms with van der Waals surface area (Å²) in [5.41, 5.74) is 0. The summed E-state index contributed by atoms with van der Waals surface area (Å²) in [6.45, 7) is 10.3. The smallest absolute Gasteiger partial charge is 0.0718 e. The van der Waals surface area contributed by atoms with Gasteiger partial charge >= 0.3 is 0 Å². The Labute approximate surface area is 170 Å². The number of methoxy groups -OCH3 is 1. The lowest BCUT2D eigenvalue weighted by Crippen LogP contribution is -2.24. The third-order valence-electron chi connectivity index (χ3n) is 4.62. The topological polar surface area (TPSA) is 67.9 Å². The minimum atomic E-state index is 0.346. The van der Waals surface area contributed by atoms with Crippen LogP contribution in [0.4, 0.5) is 0 Å². The minimum absolute atomic E-state index is 0.346. The molecule has 0 aromatic rings. The Kier molecular flexibility index (Phi) is 17.2. The molecule has 0 aliphatic carbocycles. The molecule has 1 aliphatic rings. The Morgan fingerprint density at radius 1 is 0.679 bits per heavy atom. The predicted octanol–water partition coefficient (Wildman–Crippen LogP) is 1.22. The summed E-state index contributed by atoms with van der Waals surface area (Å²) in [6, 6.07) is 0.660. The lowest BCUT2D eigenvalue weighted by molar-refractivity contribution is -0.0249.